The first-order chi connectivity index (χ1) is 10.3. The van der Waals surface area contributed by atoms with E-state index in [-0.39, 0.29) is 6.10 Å². The molecule has 0 amide bonds. The molecule has 2 heteroatoms. The lowest BCUT2D eigenvalue weighted by atomic mass is 9.83. The third-order valence-corrected chi connectivity index (χ3v) is 5.53. The molecule has 0 aliphatic heterocycles. The fraction of sp³-hybridized carbons (Fsp3) is 0.579. The van der Waals surface area contributed by atoms with Crippen molar-refractivity contribution in [3.8, 4) is 0 Å². The van der Waals surface area contributed by atoms with Gasteiger partial charge in [0.15, 0.2) is 0 Å². The maximum absolute atomic E-state index is 10.3. The van der Waals surface area contributed by atoms with Gasteiger partial charge in [-0.15, -0.1) is 0 Å². The molecule has 2 aromatic rings. The van der Waals surface area contributed by atoms with Crippen LogP contribution in [0.2, 0.25) is 0 Å². The summed E-state index contributed by atoms with van der Waals surface area (Å²) in [4.78, 5) is 3.49. The number of aliphatic hydroxyl groups is 1. The zero-order valence-corrected chi connectivity index (χ0v) is 12.7. The summed E-state index contributed by atoms with van der Waals surface area (Å²) in [7, 11) is 0. The van der Waals surface area contributed by atoms with E-state index in [1.807, 2.05) is 0 Å². The molecule has 2 nitrogen and oxygen atoms in total. The molecular formula is C19H25NO. The van der Waals surface area contributed by atoms with Crippen LogP contribution in [-0.2, 0) is 6.42 Å². The molecule has 112 valence electrons. The van der Waals surface area contributed by atoms with Crippen LogP contribution in [0.4, 0.5) is 0 Å². The van der Waals surface area contributed by atoms with Gasteiger partial charge in [0.25, 0.3) is 0 Å². The molecule has 1 aromatic carbocycles. The van der Waals surface area contributed by atoms with Crippen molar-refractivity contribution in [2.24, 2.45) is 0 Å². The van der Waals surface area contributed by atoms with Gasteiger partial charge in [0.2, 0.25) is 0 Å². The zero-order chi connectivity index (χ0) is 14.2. The van der Waals surface area contributed by atoms with Crippen LogP contribution in [-0.4, -0.2) is 10.1 Å². The van der Waals surface area contributed by atoms with E-state index in [9.17, 15) is 5.11 Å². The third-order valence-electron chi connectivity index (χ3n) is 5.53. The van der Waals surface area contributed by atoms with Crippen molar-refractivity contribution in [2.75, 3.05) is 0 Å². The minimum atomic E-state index is -0.298. The topological polar surface area (TPSA) is 36.0 Å². The molecule has 1 heterocycles. The highest BCUT2D eigenvalue weighted by molar-refractivity contribution is 5.85. The van der Waals surface area contributed by atoms with E-state index < -0.39 is 0 Å². The normalized spacial score (nSPS) is 24.0. The number of aromatic nitrogens is 1. The molecule has 2 aliphatic carbocycles. The Bertz CT molecular complexity index is 636. The quantitative estimate of drug-likeness (QED) is 0.712. The van der Waals surface area contributed by atoms with Crippen LogP contribution >= 0.6 is 0 Å². The maximum atomic E-state index is 10.3. The second kappa shape index (κ2) is 5.49. The van der Waals surface area contributed by atoms with E-state index in [1.165, 1.54) is 60.6 Å². The summed E-state index contributed by atoms with van der Waals surface area (Å²) in [6, 6.07) is 6.96. The van der Waals surface area contributed by atoms with E-state index in [1.54, 1.807) is 0 Å². The number of fused-ring (bicyclic) bond motifs is 3. The highest BCUT2D eigenvalue weighted by atomic mass is 16.3. The number of rotatable bonds is 1. The van der Waals surface area contributed by atoms with Crippen molar-refractivity contribution in [1.29, 1.82) is 0 Å². The first-order valence-corrected chi connectivity index (χ1v) is 8.65. The maximum Gasteiger partial charge on any atom is 0.0940 e. The van der Waals surface area contributed by atoms with Gasteiger partial charge in [-0.25, -0.2) is 0 Å². The van der Waals surface area contributed by atoms with Crippen LogP contribution < -0.4 is 0 Å². The number of hydrogen-bond donors (Lipinski definition) is 2. The van der Waals surface area contributed by atoms with Gasteiger partial charge in [-0.2, -0.15) is 0 Å². The lowest BCUT2D eigenvalue weighted by Crippen LogP contribution is -2.04. The van der Waals surface area contributed by atoms with Crippen LogP contribution in [0.15, 0.2) is 18.2 Å². The van der Waals surface area contributed by atoms with Gasteiger partial charge in [0.05, 0.1) is 6.10 Å². The number of nitrogens with one attached hydrogen (secondary N) is 1. The number of aryl methyl sites for hydroxylation is 1. The van der Waals surface area contributed by atoms with E-state index in [0.717, 1.165) is 30.9 Å². The first-order valence-electron chi connectivity index (χ1n) is 8.65. The average molecular weight is 283 g/mol. The van der Waals surface area contributed by atoms with Gasteiger partial charge in [0, 0.05) is 16.6 Å². The van der Waals surface area contributed by atoms with Crippen molar-refractivity contribution in [3.63, 3.8) is 0 Å². The van der Waals surface area contributed by atoms with Crippen molar-refractivity contribution >= 4 is 10.9 Å². The minimum Gasteiger partial charge on any atom is -0.387 e. The molecule has 0 radical (unpaired) electrons. The van der Waals surface area contributed by atoms with E-state index in [2.05, 4.69) is 23.2 Å². The van der Waals surface area contributed by atoms with Crippen LogP contribution in [0, 0.1) is 0 Å². The standard InChI is InChI=1S/C19H25NO/c21-18-9-5-4-8-15-16-12-14(13-6-2-1-3-7-13)10-11-17(16)20-19(15)18/h10-13,18,20-21H,1-9H2. The Balaban J connectivity index is 1.77. The summed E-state index contributed by atoms with van der Waals surface area (Å²) in [5.41, 5.74) is 5.19. The fourth-order valence-electron chi connectivity index (χ4n) is 4.31. The van der Waals surface area contributed by atoms with Crippen molar-refractivity contribution < 1.29 is 5.11 Å². The van der Waals surface area contributed by atoms with Gasteiger partial charge >= 0.3 is 0 Å². The highest BCUT2D eigenvalue weighted by Crippen LogP contribution is 2.37. The smallest absolute Gasteiger partial charge is 0.0940 e. The molecule has 1 saturated carbocycles. The second-order valence-electron chi connectivity index (χ2n) is 6.92. The number of hydrogen-bond acceptors (Lipinski definition) is 1. The van der Waals surface area contributed by atoms with E-state index in [4.69, 9.17) is 0 Å². The molecule has 2 N–H and O–H groups in total. The largest absolute Gasteiger partial charge is 0.387 e. The molecule has 21 heavy (non-hydrogen) atoms. The first kappa shape index (κ1) is 13.4. The molecule has 1 fully saturated rings. The summed E-state index contributed by atoms with van der Waals surface area (Å²) in [6.45, 7) is 0. The summed E-state index contributed by atoms with van der Waals surface area (Å²) in [5, 5.41) is 11.7. The summed E-state index contributed by atoms with van der Waals surface area (Å²) in [5.74, 6) is 0.754. The molecular weight excluding hydrogens is 258 g/mol. The second-order valence-corrected chi connectivity index (χ2v) is 6.92. The Kier molecular flexibility index (Phi) is 3.50. The third kappa shape index (κ3) is 2.40. The Morgan fingerprint density at radius 1 is 0.952 bits per heavy atom. The van der Waals surface area contributed by atoms with Gasteiger partial charge in [-0.05, 0) is 61.3 Å². The lowest BCUT2D eigenvalue weighted by Gasteiger charge is -2.22. The van der Waals surface area contributed by atoms with E-state index in [0.29, 0.717) is 0 Å². The van der Waals surface area contributed by atoms with Crippen molar-refractivity contribution in [3.05, 3.63) is 35.0 Å². The molecule has 0 saturated heterocycles. The monoisotopic (exact) mass is 283 g/mol. The van der Waals surface area contributed by atoms with Gasteiger partial charge < -0.3 is 10.1 Å². The Morgan fingerprint density at radius 2 is 1.76 bits per heavy atom. The predicted octanol–water partition coefficient (Wildman–Crippen LogP) is 4.98. The lowest BCUT2D eigenvalue weighted by molar-refractivity contribution is 0.163. The molecule has 1 unspecified atom stereocenters. The Labute approximate surface area is 126 Å². The molecule has 1 atom stereocenters. The number of aliphatic hydroxyl groups excluding tert-OH is 1. The fourth-order valence-corrected chi connectivity index (χ4v) is 4.31. The Hall–Kier alpha value is -1.28. The van der Waals surface area contributed by atoms with Crippen molar-refractivity contribution in [2.45, 2.75) is 69.8 Å². The van der Waals surface area contributed by atoms with Gasteiger partial charge in [-0.1, -0.05) is 31.7 Å². The van der Waals surface area contributed by atoms with Crippen LogP contribution in [0.5, 0.6) is 0 Å². The van der Waals surface area contributed by atoms with Crippen LogP contribution in [0.3, 0.4) is 0 Å². The minimum absolute atomic E-state index is 0.298. The van der Waals surface area contributed by atoms with Crippen molar-refractivity contribution in [1.82, 2.24) is 4.98 Å². The van der Waals surface area contributed by atoms with Crippen LogP contribution in [0.1, 0.15) is 80.2 Å². The summed E-state index contributed by atoms with van der Waals surface area (Å²) >= 11 is 0. The molecule has 0 spiro atoms. The van der Waals surface area contributed by atoms with Crippen LogP contribution in [0.25, 0.3) is 10.9 Å². The molecule has 2 aliphatic rings. The van der Waals surface area contributed by atoms with E-state index >= 15 is 0 Å². The number of H-pyrrole nitrogens is 1. The van der Waals surface area contributed by atoms with Gasteiger partial charge in [0.1, 0.15) is 0 Å². The zero-order valence-electron chi connectivity index (χ0n) is 12.7. The number of benzene rings is 1. The predicted molar refractivity (Wildman–Crippen MR) is 86.6 cm³/mol. The Morgan fingerprint density at radius 3 is 2.62 bits per heavy atom. The molecule has 1 aromatic heterocycles. The van der Waals surface area contributed by atoms with Gasteiger partial charge in [-0.3, -0.25) is 0 Å². The molecule has 4 rings (SSSR count). The number of aromatic amines is 1. The molecule has 0 bridgehead atoms. The highest BCUT2D eigenvalue weighted by Gasteiger charge is 2.22. The summed E-state index contributed by atoms with van der Waals surface area (Å²) < 4.78 is 0. The SMILES string of the molecule is OC1CCCCc2c1[nH]c1ccc(C3CCCCC3)cc21. The summed E-state index contributed by atoms with van der Waals surface area (Å²) in [6.07, 6.45) is 10.9. The average Bonchev–Trinajstić information content (AvgIpc) is 2.80.